The topological polar surface area (TPSA) is 22.1 Å². The van der Waals surface area contributed by atoms with Gasteiger partial charge in [-0.25, -0.2) is 4.98 Å². The second-order valence-corrected chi connectivity index (χ2v) is 4.30. The van der Waals surface area contributed by atoms with Gasteiger partial charge in [-0.3, -0.25) is 0 Å². The predicted octanol–water partition coefficient (Wildman–Crippen LogP) is 3.67. The minimum atomic E-state index is -5.56. The number of halogens is 7. The van der Waals surface area contributed by atoms with Crippen molar-refractivity contribution in [2.75, 3.05) is 0 Å². The molecule has 0 N–H and O–H groups in total. The van der Waals surface area contributed by atoms with Gasteiger partial charge in [0.1, 0.15) is 3.70 Å². The van der Waals surface area contributed by atoms with Crippen LogP contribution in [0.3, 0.4) is 0 Å². The van der Waals surface area contributed by atoms with Crippen molar-refractivity contribution in [3.05, 3.63) is 21.4 Å². The molecule has 0 saturated carbocycles. The molecule has 101 valence electrons. The SMILES string of the molecule is Cc1[c]c(I)nc(OC(C(F)(F)F)C(F)(F)F)c1. The fourth-order valence-electron chi connectivity index (χ4n) is 1.04. The summed E-state index contributed by atoms with van der Waals surface area (Å²) in [6.07, 6.45) is -15.0. The minimum Gasteiger partial charge on any atom is -0.455 e. The van der Waals surface area contributed by atoms with Crippen LogP contribution in [-0.4, -0.2) is 23.4 Å². The molecule has 0 amide bonds. The normalized spacial score (nSPS) is 12.9. The Hall–Kier alpha value is -0.740. The minimum absolute atomic E-state index is 0.116. The molecule has 0 bridgehead atoms. The van der Waals surface area contributed by atoms with Crippen molar-refractivity contribution in [2.24, 2.45) is 0 Å². The number of alkyl halides is 6. The van der Waals surface area contributed by atoms with Crippen molar-refractivity contribution < 1.29 is 31.1 Å². The average molecular weight is 384 g/mol. The van der Waals surface area contributed by atoms with E-state index in [0.717, 1.165) is 6.07 Å². The van der Waals surface area contributed by atoms with E-state index in [4.69, 9.17) is 0 Å². The Balaban J connectivity index is 3.04. The van der Waals surface area contributed by atoms with Crippen molar-refractivity contribution in [2.45, 2.75) is 25.4 Å². The summed E-state index contributed by atoms with van der Waals surface area (Å²) in [5, 5.41) is 0. The summed E-state index contributed by atoms with van der Waals surface area (Å²) < 4.78 is 77.4. The van der Waals surface area contributed by atoms with Crippen LogP contribution in [0, 0.1) is 16.7 Å². The van der Waals surface area contributed by atoms with Crippen molar-refractivity contribution in [3.63, 3.8) is 0 Å². The summed E-state index contributed by atoms with van der Waals surface area (Å²) in [6, 6.07) is 3.55. The zero-order valence-corrected chi connectivity index (χ0v) is 10.8. The van der Waals surface area contributed by atoms with Gasteiger partial charge >= 0.3 is 12.4 Å². The van der Waals surface area contributed by atoms with E-state index < -0.39 is 24.3 Å². The van der Waals surface area contributed by atoms with Crippen molar-refractivity contribution in [3.8, 4) is 5.88 Å². The highest BCUT2D eigenvalue weighted by Crippen LogP contribution is 2.36. The Morgan fingerprint density at radius 3 is 2.11 bits per heavy atom. The van der Waals surface area contributed by atoms with E-state index in [9.17, 15) is 26.3 Å². The third-order valence-corrected chi connectivity index (χ3v) is 2.19. The van der Waals surface area contributed by atoms with Gasteiger partial charge in [-0.1, -0.05) is 0 Å². The van der Waals surface area contributed by atoms with Gasteiger partial charge in [-0.2, -0.15) is 26.3 Å². The molecular weight excluding hydrogens is 379 g/mol. The number of nitrogens with zero attached hydrogens (tertiary/aromatic N) is 1. The summed E-state index contributed by atoms with van der Waals surface area (Å²) in [5.41, 5.74) is 0.326. The number of hydrogen-bond acceptors (Lipinski definition) is 2. The number of aryl methyl sites for hydroxylation is 1. The zero-order valence-electron chi connectivity index (χ0n) is 8.66. The fourth-order valence-corrected chi connectivity index (χ4v) is 1.70. The van der Waals surface area contributed by atoms with E-state index in [1.165, 1.54) is 6.92 Å². The Bertz CT molecular complexity index is 396. The largest absolute Gasteiger partial charge is 0.455 e. The van der Waals surface area contributed by atoms with Crippen LogP contribution in [0.25, 0.3) is 0 Å². The van der Waals surface area contributed by atoms with Gasteiger partial charge in [-0.05, 0) is 35.1 Å². The van der Waals surface area contributed by atoms with Crippen LogP contribution in [0.4, 0.5) is 26.3 Å². The number of hydrogen-bond donors (Lipinski definition) is 0. The first-order valence-electron chi connectivity index (χ1n) is 4.36. The smallest absolute Gasteiger partial charge is 0.434 e. The monoisotopic (exact) mass is 384 g/mol. The first-order chi connectivity index (χ1) is 8.00. The number of ether oxygens (including phenoxy) is 1. The maximum absolute atomic E-state index is 12.2. The quantitative estimate of drug-likeness (QED) is 0.441. The summed E-state index contributed by atoms with van der Waals surface area (Å²) >= 11 is 1.61. The molecule has 1 rings (SSSR count). The molecule has 0 aliphatic heterocycles. The van der Waals surface area contributed by atoms with Crippen molar-refractivity contribution >= 4 is 22.6 Å². The second kappa shape index (κ2) is 5.10. The van der Waals surface area contributed by atoms with Gasteiger partial charge in [0.05, 0.1) is 0 Å². The Labute approximate surface area is 111 Å². The van der Waals surface area contributed by atoms with Crippen molar-refractivity contribution in [1.82, 2.24) is 4.98 Å². The number of pyridine rings is 1. The summed E-state index contributed by atoms with van der Waals surface area (Å²) in [4.78, 5) is 3.41. The van der Waals surface area contributed by atoms with Crippen LogP contribution in [0.2, 0.25) is 0 Å². The highest BCUT2D eigenvalue weighted by Gasteiger charge is 2.59. The zero-order chi connectivity index (χ0) is 14.1. The molecule has 0 aromatic carbocycles. The molecular formula is C9H5F6INO. The van der Waals surface area contributed by atoms with Crippen LogP contribution in [0.5, 0.6) is 5.88 Å². The van der Waals surface area contributed by atoms with Gasteiger partial charge < -0.3 is 4.74 Å². The van der Waals surface area contributed by atoms with Crippen molar-refractivity contribution in [1.29, 1.82) is 0 Å². The Morgan fingerprint density at radius 2 is 1.72 bits per heavy atom. The molecule has 1 radical (unpaired) electrons. The first kappa shape index (κ1) is 15.3. The maximum atomic E-state index is 12.2. The average Bonchev–Trinajstić information content (AvgIpc) is 2.08. The molecule has 1 heterocycles. The van der Waals surface area contributed by atoms with Crippen LogP contribution >= 0.6 is 22.6 Å². The molecule has 0 aliphatic carbocycles. The van der Waals surface area contributed by atoms with Gasteiger partial charge in [0.15, 0.2) is 0 Å². The van der Waals surface area contributed by atoms with E-state index in [1.807, 2.05) is 0 Å². The third-order valence-electron chi connectivity index (χ3n) is 1.68. The molecule has 0 unspecified atom stereocenters. The Kier molecular flexibility index (Phi) is 4.34. The Morgan fingerprint density at radius 1 is 1.22 bits per heavy atom. The molecule has 9 heteroatoms. The fraction of sp³-hybridized carbons (Fsp3) is 0.444. The number of aromatic nitrogens is 1. The van der Waals surface area contributed by atoms with Crippen LogP contribution in [0.1, 0.15) is 5.56 Å². The van der Waals surface area contributed by atoms with Crippen LogP contribution in [-0.2, 0) is 0 Å². The van der Waals surface area contributed by atoms with Gasteiger partial charge in [-0.15, -0.1) is 0 Å². The summed E-state index contributed by atoms with van der Waals surface area (Å²) in [5.74, 6) is -0.740. The molecule has 0 fully saturated rings. The van der Waals surface area contributed by atoms with Crippen LogP contribution in [0.15, 0.2) is 6.07 Å². The third kappa shape index (κ3) is 4.18. The van der Waals surface area contributed by atoms with E-state index in [-0.39, 0.29) is 3.70 Å². The summed E-state index contributed by atoms with van der Waals surface area (Å²) in [7, 11) is 0. The van der Waals surface area contributed by atoms with Gasteiger partial charge in [0.2, 0.25) is 5.88 Å². The van der Waals surface area contributed by atoms with E-state index in [2.05, 4.69) is 15.8 Å². The summed E-state index contributed by atoms with van der Waals surface area (Å²) in [6.45, 7) is 1.45. The lowest BCUT2D eigenvalue weighted by Crippen LogP contribution is -2.46. The maximum Gasteiger partial charge on any atom is 0.434 e. The lowest BCUT2D eigenvalue weighted by atomic mass is 10.3. The molecule has 2 nitrogen and oxygen atoms in total. The second-order valence-electron chi connectivity index (χ2n) is 3.27. The van der Waals surface area contributed by atoms with Crippen LogP contribution < -0.4 is 4.74 Å². The highest BCUT2D eigenvalue weighted by atomic mass is 127. The van der Waals surface area contributed by atoms with E-state index in [0.29, 0.717) is 5.56 Å². The lowest BCUT2D eigenvalue weighted by Gasteiger charge is -2.23. The highest BCUT2D eigenvalue weighted by molar-refractivity contribution is 14.1. The van der Waals surface area contributed by atoms with Gasteiger partial charge in [0, 0.05) is 12.1 Å². The van der Waals surface area contributed by atoms with E-state index in [1.54, 1.807) is 22.6 Å². The van der Waals surface area contributed by atoms with Gasteiger partial charge in [0.25, 0.3) is 6.10 Å². The number of rotatable bonds is 2. The predicted molar refractivity (Wildman–Crippen MR) is 57.1 cm³/mol. The van der Waals surface area contributed by atoms with E-state index >= 15 is 0 Å². The lowest BCUT2D eigenvalue weighted by molar-refractivity contribution is -0.300. The standard InChI is InChI=1S/C9H5F6INO/c1-4-2-5(16)17-6(3-4)18-7(8(10,11)12)9(13,14)15/h3,7H,1H3. The molecule has 0 atom stereocenters. The first-order valence-corrected chi connectivity index (χ1v) is 5.44. The molecule has 0 spiro atoms. The molecule has 18 heavy (non-hydrogen) atoms. The molecule has 0 saturated heterocycles. The molecule has 1 aromatic heterocycles. The molecule has 0 aliphatic rings. The molecule has 1 aromatic rings.